The Morgan fingerprint density at radius 1 is 1.19 bits per heavy atom. The van der Waals surface area contributed by atoms with Crippen LogP contribution in [0.3, 0.4) is 0 Å². The monoisotopic (exact) mass is 347 g/mol. The fourth-order valence-electron chi connectivity index (χ4n) is 3.29. The molecule has 2 aromatic carbocycles. The fraction of sp³-hybridized carbons (Fsp3) is 0.238. The van der Waals surface area contributed by atoms with E-state index in [0.717, 1.165) is 29.1 Å². The van der Waals surface area contributed by atoms with E-state index >= 15 is 0 Å². The minimum atomic E-state index is -0.564. The highest BCUT2D eigenvalue weighted by Crippen LogP contribution is 2.28. The van der Waals surface area contributed by atoms with Crippen LogP contribution in [0.1, 0.15) is 36.0 Å². The van der Waals surface area contributed by atoms with Crippen LogP contribution in [0.25, 0.3) is 11.3 Å². The number of imidazole rings is 1. The largest absolute Gasteiger partial charge is 0.363 e. The summed E-state index contributed by atoms with van der Waals surface area (Å²) in [5, 5.41) is 3.01. The molecule has 2 atom stereocenters. The Morgan fingerprint density at radius 2 is 1.96 bits per heavy atom. The van der Waals surface area contributed by atoms with Crippen LogP contribution in [0.5, 0.6) is 0 Å². The van der Waals surface area contributed by atoms with E-state index in [1.165, 1.54) is 5.56 Å². The number of carbonyl (C=O) groups is 1. The first-order valence-electron chi connectivity index (χ1n) is 8.82. The zero-order chi connectivity index (χ0) is 17.9. The minimum absolute atomic E-state index is 0.137. The summed E-state index contributed by atoms with van der Waals surface area (Å²) >= 11 is 0. The maximum absolute atomic E-state index is 12.7. The molecule has 5 heteroatoms. The number of benzene rings is 2. The lowest BCUT2D eigenvalue weighted by atomic mass is 9.97. The molecule has 0 spiro atoms. The first kappa shape index (κ1) is 16.5. The third kappa shape index (κ3) is 3.26. The summed E-state index contributed by atoms with van der Waals surface area (Å²) in [4.78, 5) is 20.5. The number of rotatable bonds is 4. The average Bonchev–Trinajstić information content (AvgIpc) is 3.18. The Kier molecular flexibility index (Phi) is 4.54. The van der Waals surface area contributed by atoms with Gasteiger partial charge in [0.05, 0.1) is 24.5 Å². The van der Waals surface area contributed by atoms with Gasteiger partial charge in [-0.1, -0.05) is 54.6 Å². The Bertz CT molecular complexity index is 904. The third-order valence-electron chi connectivity index (χ3n) is 4.68. The molecule has 26 heavy (non-hydrogen) atoms. The number of amides is 1. The summed E-state index contributed by atoms with van der Waals surface area (Å²) in [7, 11) is 0. The molecule has 0 aliphatic carbocycles. The molecule has 2 heterocycles. The van der Waals surface area contributed by atoms with E-state index in [1.807, 2.05) is 55.5 Å². The van der Waals surface area contributed by atoms with Gasteiger partial charge in [-0.25, -0.2) is 4.98 Å². The van der Waals surface area contributed by atoms with Crippen LogP contribution >= 0.6 is 0 Å². The van der Waals surface area contributed by atoms with Crippen molar-refractivity contribution in [1.82, 2.24) is 15.3 Å². The molecule has 1 aliphatic rings. The molecule has 3 aromatic rings. The van der Waals surface area contributed by atoms with E-state index in [1.54, 1.807) is 6.20 Å². The highest BCUT2D eigenvalue weighted by molar-refractivity contribution is 5.83. The predicted octanol–water partition coefficient (Wildman–Crippen LogP) is 3.57. The highest BCUT2D eigenvalue weighted by Gasteiger charge is 2.28. The van der Waals surface area contributed by atoms with Gasteiger partial charge in [-0.3, -0.25) is 4.79 Å². The zero-order valence-electron chi connectivity index (χ0n) is 14.6. The molecular formula is C21H21N3O2. The molecule has 1 aliphatic heterocycles. The Hall–Kier alpha value is -2.92. The van der Waals surface area contributed by atoms with Crippen molar-refractivity contribution in [3.05, 3.63) is 77.7 Å². The fourth-order valence-corrected chi connectivity index (χ4v) is 3.29. The van der Waals surface area contributed by atoms with E-state index < -0.39 is 6.10 Å². The van der Waals surface area contributed by atoms with Crippen molar-refractivity contribution < 1.29 is 9.53 Å². The molecule has 4 rings (SSSR count). The second kappa shape index (κ2) is 7.14. The van der Waals surface area contributed by atoms with Gasteiger partial charge in [0.25, 0.3) is 5.91 Å². The number of nitrogens with zero attached hydrogens (tertiary/aromatic N) is 1. The molecule has 5 nitrogen and oxygen atoms in total. The van der Waals surface area contributed by atoms with Gasteiger partial charge in [0, 0.05) is 0 Å². The van der Waals surface area contributed by atoms with Crippen LogP contribution in [0.15, 0.2) is 60.8 Å². The Balaban J connectivity index is 1.48. The SMILES string of the molecule is C[C@H](NC(=O)[C@H]1OCCc2ccccc21)c1ncc(-c2ccccc2)[nH]1. The van der Waals surface area contributed by atoms with E-state index in [4.69, 9.17) is 4.74 Å². The number of nitrogens with one attached hydrogen (secondary N) is 2. The number of carbonyl (C=O) groups excluding carboxylic acids is 1. The molecule has 1 amide bonds. The summed E-state index contributed by atoms with van der Waals surface area (Å²) < 4.78 is 5.73. The average molecular weight is 347 g/mol. The Morgan fingerprint density at radius 3 is 2.81 bits per heavy atom. The van der Waals surface area contributed by atoms with Crippen molar-refractivity contribution in [2.75, 3.05) is 6.61 Å². The quantitative estimate of drug-likeness (QED) is 0.758. The summed E-state index contributed by atoms with van der Waals surface area (Å²) in [6.45, 7) is 2.47. The normalized spacial score (nSPS) is 17.3. The van der Waals surface area contributed by atoms with Gasteiger partial charge in [0.1, 0.15) is 5.82 Å². The Labute approximate surface area is 152 Å². The number of fused-ring (bicyclic) bond motifs is 1. The van der Waals surface area contributed by atoms with Crippen molar-refractivity contribution in [2.24, 2.45) is 0 Å². The van der Waals surface area contributed by atoms with Gasteiger partial charge < -0.3 is 15.0 Å². The van der Waals surface area contributed by atoms with Crippen LogP contribution < -0.4 is 5.32 Å². The maximum atomic E-state index is 12.7. The molecule has 2 N–H and O–H groups in total. The summed E-state index contributed by atoms with van der Waals surface area (Å²) in [5.74, 6) is 0.587. The zero-order valence-corrected chi connectivity index (χ0v) is 14.6. The van der Waals surface area contributed by atoms with Crippen molar-refractivity contribution in [1.29, 1.82) is 0 Å². The molecule has 132 valence electrons. The molecule has 0 saturated heterocycles. The lowest BCUT2D eigenvalue weighted by Crippen LogP contribution is -2.35. The molecule has 0 radical (unpaired) electrons. The van der Waals surface area contributed by atoms with Crippen LogP contribution in [0.4, 0.5) is 0 Å². The lowest BCUT2D eigenvalue weighted by molar-refractivity contribution is -0.134. The van der Waals surface area contributed by atoms with E-state index in [2.05, 4.69) is 21.4 Å². The topological polar surface area (TPSA) is 67.0 Å². The van der Waals surface area contributed by atoms with Crippen molar-refractivity contribution in [2.45, 2.75) is 25.5 Å². The molecule has 1 aromatic heterocycles. The number of H-pyrrole nitrogens is 1. The minimum Gasteiger partial charge on any atom is -0.363 e. The van der Waals surface area contributed by atoms with Gasteiger partial charge in [-0.15, -0.1) is 0 Å². The predicted molar refractivity (Wildman–Crippen MR) is 99.4 cm³/mol. The molecular weight excluding hydrogens is 326 g/mol. The van der Waals surface area contributed by atoms with Crippen LogP contribution in [0, 0.1) is 0 Å². The number of hydrogen-bond acceptors (Lipinski definition) is 3. The second-order valence-electron chi connectivity index (χ2n) is 6.48. The van der Waals surface area contributed by atoms with Gasteiger partial charge in [-0.05, 0) is 30.0 Å². The third-order valence-corrected chi connectivity index (χ3v) is 4.68. The molecule has 0 fully saturated rings. The summed E-state index contributed by atoms with van der Waals surface area (Å²) in [5.41, 5.74) is 4.12. The smallest absolute Gasteiger partial charge is 0.254 e. The number of aromatic amines is 1. The number of ether oxygens (including phenoxy) is 1. The lowest BCUT2D eigenvalue weighted by Gasteiger charge is -2.26. The van der Waals surface area contributed by atoms with Crippen LogP contribution in [-0.4, -0.2) is 22.5 Å². The number of aromatic nitrogens is 2. The second-order valence-corrected chi connectivity index (χ2v) is 6.48. The highest BCUT2D eigenvalue weighted by atomic mass is 16.5. The molecule has 0 bridgehead atoms. The first-order chi connectivity index (χ1) is 12.7. The first-order valence-corrected chi connectivity index (χ1v) is 8.82. The molecule has 0 unspecified atom stereocenters. The van der Waals surface area contributed by atoms with Gasteiger partial charge in [0.2, 0.25) is 0 Å². The van der Waals surface area contributed by atoms with Crippen molar-refractivity contribution in [3.63, 3.8) is 0 Å². The van der Waals surface area contributed by atoms with Crippen molar-refractivity contribution in [3.8, 4) is 11.3 Å². The van der Waals surface area contributed by atoms with Crippen molar-refractivity contribution >= 4 is 5.91 Å². The summed E-state index contributed by atoms with van der Waals surface area (Å²) in [6, 6.07) is 17.7. The van der Waals surface area contributed by atoms with Gasteiger partial charge >= 0.3 is 0 Å². The van der Waals surface area contributed by atoms with E-state index in [9.17, 15) is 4.79 Å². The summed E-state index contributed by atoms with van der Waals surface area (Å²) in [6.07, 6.45) is 2.07. The van der Waals surface area contributed by atoms with Crippen LogP contribution in [0.2, 0.25) is 0 Å². The van der Waals surface area contributed by atoms with Gasteiger partial charge in [-0.2, -0.15) is 0 Å². The van der Waals surface area contributed by atoms with E-state index in [0.29, 0.717) is 6.61 Å². The maximum Gasteiger partial charge on any atom is 0.254 e. The number of hydrogen-bond donors (Lipinski definition) is 2. The van der Waals surface area contributed by atoms with Gasteiger partial charge in [0.15, 0.2) is 6.10 Å². The van der Waals surface area contributed by atoms with E-state index in [-0.39, 0.29) is 11.9 Å². The van der Waals surface area contributed by atoms with Crippen LogP contribution in [-0.2, 0) is 16.0 Å². The molecule has 0 saturated carbocycles. The standard InChI is InChI=1S/C21H21N3O2/c1-14(20-22-13-18(24-20)16-8-3-2-4-9-16)23-21(25)19-17-10-6-5-7-15(17)11-12-26-19/h2-10,13-14,19H,11-12H2,1H3,(H,22,24)(H,23,25)/t14-,19-/m0/s1.